The molecule has 4 aromatic rings. The number of nitrogens with one attached hydrogen (secondary N) is 1. The number of aromatic amines is 1. The van der Waals surface area contributed by atoms with Gasteiger partial charge in [-0.05, 0) is 67.8 Å². The van der Waals surface area contributed by atoms with Gasteiger partial charge in [0.2, 0.25) is 5.91 Å². The SMILES string of the molecule is CC(C)N(CC(=O)N(CCc1c[nH]c2ccccc12)Cc1ccc(Cl)c(Cl)c1)Cc1cc(F)ccc1F. The Hall–Kier alpha value is -2.93. The van der Waals surface area contributed by atoms with Crippen molar-refractivity contribution in [3.05, 3.63) is 105 Å². The van der Waals surface area contributed by atoms with E-state index in [0.29, 0.717) is 29.6 Å². The lowest BCUT2D eigenvalue weighted by Gasteiger charge is -2.30. The predicted molar refractivity (Wildman–Crippen MR) is 146 cm³/mol. The zero-order valence-corrected chi connectivity index (χ0v) is 22.3. The standard InChI is InChI=1S/C29H29Cl2F2N3O/c1-19(2)36(17-22-14-23(32)8-10-27(22)33)18-29(37)35(16-20-7-9-25(30)26(31)13-20)12-11-21-15-34-28-6-4-3-5-24(21)28/h3-10,13-15,19,34H,11-12,16-18H2,1-2H3. The van der Waals surface area contributed by atoms with Gasteiger partial charge in [0.15, 0.2) is 0 Å². The van der Waals surface area contributed by atoms with Gasteiger partial charge < -0.3 is 9.88 Å². The molecule has 4 rings (SSSR count). The van der Waals surface area contributed by atoms with Crippen LogP contribution in [0.25, 0.3) is 10.9 Å². The zero-order chi connectivity index (χ0) is 26.5. The molecule has 1 aromatic heterocycles. The van der Waals surface area contributed by atoms with Crippen molar-refractivity contribution in [3.63, 3.8) is 0 Å². The Morgan fingerprint density at radius 3 is 2.49 bits per heavy atom. The average molecular weight is 544 g/mol. The fraction of sp³-hybridized carbons (Fsp3) is 0.276. The molecular formula is C29H29Cl2F2N3O. The van der Waals surface area contributed by atoms with Crippen molar-refractivity contribution in [1.29, 1.82) is 0 Å². The molecular weight excluding hydrogens is 515 g/mol. The topological polar surface area (TPSA) is 39.3 Å². The van der Waals surface area contributed by atoms with Crippen LogP contribution in [0.1, 0.15) is 30.5 Å². The summed E-state index contributed by atoms with van der Waals surface area (Å²) in [7, 11) is 0. The summed E-state index contributed by atoms with van der Waals surface area (Å²) < 4.78 is 28.1. The van der Waals surface area contributed by atoms with Gasteiger partial charge in [-0.2, -0.15) is 0 Å². The number of carbonyl (C=O) groups is 1. The third-order valence-electron chi connectivity index (χ3n) is 6.49. The number of hydrogen-bond acceptors (Lipinski definition) is 2. The highest BCUT2D eigenvalue weighted by Crippen LogP contribution is 2.24. The van der Waals surface area contributed by atoms with Crippen molar-refractivity contribution in [2.24, 2.45) is 0 Å². The normalized spacial score (nSPS) is 11.6. The van der Waals surface area contributed by atoms with E-state index < -0.39 is 11.6 Å². The summed E-state index contributed by atoms with van der Waals surface area (Å²) >= 11 is 12.3. The molecule has 1 amide bonds. The Kier molecular flexibility index (Phi) is 8.85. The largest absolute Gasteiger partial charge is 0.361 e. The third-order valence-corrected chi connectivity index (χ3v) is 7.23. The fourth-order valence-corrected chi connectivity index (χ4v) is 4.64. The second-order valence-corrected chi connectivity index (χ2v) is 10.2. The van der Waals surface area contributed by atoms with Gasteiger partial charge in [-0.25, -0.2) is 8.78 Å². The average Bonchev–Trinajstić information content (AvgIpc) is 3.28. The molecule has 0 saturated heterocycles. The first-order valence-corrected chi connectivity index (χ1v) is 12.9. The Labute approximate surface area is 225 Å². The molecule has 37 heavy (non-hydrogen) atoms. The minimum atomic E-state index is -0.508. The monoisotopic (exact) mass is 543 g/mol. The Balaban J connectivity index is 1.55. The lowest BCUT2D eigenvalue weighted by molar-refractivity contribution is -0.133. The molecule has 0 fully saturated rings. The first-order chi connectivity index (χ1) is 17.7. The number of para-hydroxylation sites is 1. The van der Waals surface area contributed by atoms with Gasteiger partial charge in [-0.1, -0.05) is 47.5 Å². The number of benzene rings is 3. The maximum Gasteiger partial charge on any atom is 0.237 e. The van der Waals surface area contributed by atoms with Crippen LogP contribution in [-0.4, -0.2) is 39.8 Å². The summed E-state index contributed by atoms with van der Waals surface area (Å²) in [6, 6.07) is 16.7. The molecule has 0 unspecified atom stereocenters. The zero-order valence-electron chi connectivity index (χ0n) is 20.8. The molecule has 8 heteroatoms. The number of nitrogens with zero attached hydrogens (tertiary/aromatic N) is 2. The van der Waals surface area contributed by atoms with E-state index in [2.05, 4.69) is 11.1 Å². The highest BCUT2D eigenvalue weighted by atomic mass is 35.5. The van der Waals surface area contributed by atoms with Crippen LogP contribution in [0.15, 0.2) is 66.9 Å². The smallest absolute Gasteiger partial charge is 0.237 e. The predicted octanol–water partition coefficient (Wildman–Crippen LogP) is 7.23. The molecule has 0 bridgehead atoms. The molecule has 0 spiro atoms. The first kappa shape index (κ1) is 27.1. The van der Waals surface area contributed by atoms with E-state index in [-0.39, 0.29) is 30.6 Å². The summed E-state index contributed by atoms with van der Waals surface area (Å²) in [4.78, 5) is 20.5. The van der Waals surface area contributed by atoms with Gasteiger partial charge in [0.1, 0.15) is 11.6 Å². The summed E-state index contributed by atoms with van der Waals surface area (Å²) in [5.41, 5.74) is 3.23. The van der Waals surface area contributed by atoms with E-state index >= 15 is 0 Å². The van der Waals surface area contributed by atoms with Gasteiger partial charge in [0.25, 0.3) is 0 Å². The number of rotatable bonds is 10. The molecule has 194 valence electrons. The molecule has 0 aliphatic carbocycles. The van der Waals surface area contributed by atoms with Crippen molar-refractivity contribution in [3.8, 4) is 0 Å². The number of fused-ring (bicyclic) bond motifs is 1. The van der Waals surface area contributed by atoms with Crippen LogP contribution < -0.4 is 0 Å². The van der Waals surface area contributed by atoms with Crippen LogP contribution in [0, 0.1) is 11.6 Å². The van der Waals surface area contributed by atoms with Crippen LogP contribution in [0.4, 0.5) is 8.78 Å². The highest BCUT2D eigenvalue weighted by molar-refractivity contribution is 6.42. The van der Waals surface area contributed by atoms with Gasteiger partial charge in [-0.15, -0.1) is 0 Å². The molecule has 0 aliphatic heterocycles. The van der Waals surface area contributed by atoms with Crippen molar-refractivity contribution in [2.45, 2.75) is 39.4 Å². The number of amides is 1. The third kappa shape index (κ3) is 6.89. The minimum Gasteiger partial charge on any atom is -0.361 e. The lowest BCUT2D eigenvalue weighted by atomic mass is 10.1. The van der Waals surface area contributed by atoms with E-state index in [4.69, 9.17) is 23.2 Å². The van der Waals surface area contributed by atoms with E-state index in [1.54, 1.807) is 17.0 Å². The van der Waals surface area contributed by atoms with Gasteiger partial charge in [-0.3, -0.25) is 9.69 Å². The van der Waals surface area contributed by atoms with Crippen LogP contribution in [0.3, 0.4) is 0 Å². The first-order valence-electron chi connectivity index (χ1n) is 12.2. The maximum absolute atomic E-state index is 14.3. The van der Waals surface area contributed by atoms with Crippen molar-refractivity contribution in [1.82, 2.24) is 14.8 Å². The number of aromatic nitrogens is 1. The summed E-state index contributed by atoms with van der Waals surface area (Å²) in [6.45, 7) is 4.86. The molecule has 1 heterocycles. The quantitative estimate of drug-likeness (QED) is 0.229. The number of hydrogen-bond donors (Lipinski definition) is 1. The van der Waals surface area contributed by atoms with Crippen molar-refractivity contribution >= 4 is 40.0 Å². The van der Waals surface area contributed by atoms with Crippen molar-refractivity contribution < 1.29 is 13.6 Å². The molecule has 0 saturated carbocycles. The summed E-state index contributed by atoms with van der Waals surface area (Å²) in [6.07, 6.45) is 2.62. The molecule has 0 atom stereocenters. The fourth-order valence-electron chi connectivity index (χ4n) is 4.32. The van der Waals surface area contributed by atoms with E-state index in [1.165, 1.54) is 6.07 Å². The van der Waals surface area contributed by atoms with Crippen LogP contribution in [0.5, 0.6) is 0 Å². The highest BCUT2D eigenvalue weighted by Gasteiger charge is 2.22. The second-order valence-electron chi connectivity index (χ2n) is 9.41. The van der Waals surface area contributed by atoms with Crippen LogP contribution in [0.2, 0.25) is 10.0 Å². The van der Waals surface area contributed by atoms with Gasteiger partial charge in [0, 0.05) is 48.3 Å². The molecule has 0 aliphatic rings. The van der Waals surface area contributed by atoms with Gasteiger partial charge in [0.05, 0.1) is 16.6 Å². The minimum absolute atomic E-state index is 0.0584. The second kappa shape index (κ2) is 12.1. The maximum atomic E-state index is 14.3. The van der Waals surface area contributed by atoms with Crippen LogP contribution in [-0.2, 0) is 24.3 Å². The Bertz CT molecular complexity index is 1390. The number of halogens is 4. The Morgan fingerprint density at radius 2 is 1.73 bits per heavy atom. The summed E-state index contributed by atoms with van der Waals surface area (Å²) in [5.74, 6) is -1.12. The number of H-pyrrole nitrogens is 1. The molecule has 4 nitrogen and oxygen atoms in total. The van der Waals surface area contributed by atoms with E-state index in [9.17, 15) is 13.6 Å². The lowest BCUT2D eigenvalue weighted by Crippen LogP contribution is -2.43. The molecule has 0 radical (unpaired) electrons. The molecule has 3 aromatic carbocycles. The van der Waals surface area contributed by atoms with E-state index in [0.717, 1.165) is 34.2 Å². The number of carbonyl (C=O) groups excluding carboxylic acids is 1. The van der Waals surface area contributed by atoms with Crippen LogP contribution >= 0.6 is 23.2 Å². The molecule has 1 N–H and O–H groups in total. The van der Waals surface area contributed by atoms with E-state index in [1.807, 2.05) is 49.2 Å². The Morgan fingerprint density at radius 1 is 0.946 bits per heavy atom. The van der Waals surface area contributed by atoms with Crippen molar-refractivity contribution in [2.75, 3.05) is 13.1 Å². The summed E-state index contributed by atoms with van der Waals surface area (Å²) in [5, 5.41) is 1.99. The van der Waals surface area contributed by atoms with Gasteiger partial charge >= 0.3 is 0 Å².